The quantitative estimate of drug-likeness (QED) is 0.431. The molecule has 1 heterocycles. The molecule has 1 unspecified atom stereocenters. The number of aromatic nitrogens is 2. The first-order valence-corrected chi connectivity index (χ1v) is 8.42. The molecule has 1 aromatic heterocycles. The second-order valence-electron chi connectivity index (χ2n) is 5.62. The SMILES string of the molecule is CCOC(=O)C(C)(CCCSc1nccn1C)NC(C)C. The van der Waals surface area contributed by atoms with E-state index in [9.17, 15) is 4.79 Å². The normalized spacial score (nSPS) is 14.2. The third-order valence-corrected chi connectivity index (χ3v) is 4.31. The van der Waals surface area contributed by atoms with Gasteiger partial charge in [-0.3, -0.25) is 10.1 Å². The third kappa shape index (κ3) is 5.71. The topological polar surface area (TPSA) is 56.1 Å². The molecule has 120 valence electrons. The Morgan fingerprint density at radius 2 is 2.29 bits per heavy atom. The number of thioether (sulfide) groups is 1. The van der Waals surface area contributed by atoms with Gasteiger partial charge in [0.25, 0.3) is 0 Å². The highest BCUT2D eigenvalue weighted by molar-refractivity contribution is 7.99. The summed E-state index contributed by atoms with van der Waals surface area (Å²) in [6.07, 6.45) is 5.41. The molecule has 0 aliphatic carbocycles. The van der Waals surface area contributed by atoms with Gasteiger partial charge in [0.05, 0.1) is 6.61 Å². The van der Waals surface area contributed by atoms with E-state index in [1.807, 2.05) is 45.5 Å². The average molecular weight is 313 g/mol. The second-order valence-corrected chi connectivity index (χ2v) is 6.69. The van der Waals surface area contributed by atoms with Gasteiger partial charge in [0.2, 0.25) is 0 Å². The zero-order valence-corrected chi connectivity index (χ0v) is 14.5. The van der Waals surface area contributed by atoms with Crippen molar-refractivity contribution in [3.05, 3.63) is 12.4 Å². The molecule has 0 bridgehead atoms. The first kappa shape index (κ1) is 18.0. The number of hydrogen-bond donors (Lipinski definition) is 1. The molecule has 0 saturated heterocycles. The van der Waals surface area contributed by atoms with Crippen molar-refractivity contribution in [3.8, 4) is 0 Å². The van der Waals surface area contributed by atoms with E-state index in [2.05, 4.69) is 10.3 Å². The fourth-order valence-corrected chi connectivity index (χ4v) is 3.11. The van der Waals surface area contributed by atoms with Crippen LogP contribution in [0.5, 0.6) is 0 Å². The second kappa shape index (κ2) is 8.44. The Bertz CT molecular complexity index is 448. The van der Waals surface area contributed by atoms with Crippen LogP contribution in [0.25, 0.3) is 0 Å². The Kier molecular flexibility index (Phi) is 7.25. The van der Waals surface area contributed by atoms with E-state index in [1.54, 1.807) is 18.0 Å². The molecule has 1 aromatic rings. The van der Waals surface area contributed by atoms with Crippen molar-refractivity contribution in [2.75, 3.05) is 12.4 Å². The average Bonchev–Trinajstić information content (AvgIpc) is 2.80. The number of rotatable bonds is 9. The smallest absolute Gasteiger partial charge is 0.326 e. The van der Waals surface area contributed by atoms with Crippen molar-refractivity contribution < 1.29 is 9.53 Å². The number of aryl methyl sites for hydroxylation is 1. The van der Waals surface area contributed by atoms with Gasteiger partial charge >= 0.3 is 5.97 Å². The van der Waals surface area contributed by atoms with Crippen molar-refractivity contribution in [1.82, 2.24) is 14.9 Å². The number of esters is 1. The number of hydrogen-bond acceptors (Lipinski definition) is 5. The molecule has 5 nitrogen and oxygen atoms in total. The maximum Gasteiger partial charge on any atom is 0.326 e. The van der Waals surface area contributed by atoms with Gasteiger partial charge in [-0.1, -0.05) is 11.8 Å². The fraction of sp³-hybridized carbons (Fsp3) is 0.733. The zero-order valence-electron chi connectivity index (χ0n) is 13.7. The van der Waals surface area contributed by atoms with E-state index < -0.39 is 5.54 Å². The van der Waals surface area contributed by atoms with Crippen LogP contribution in [0.2, 0.25) is 0 Å². The summed E-state index contributed by atoms with van der Waals surface area (Å²) in [5, 5.41) is 4.35. The van der Waals surface area contributed by atoms with Crippen LogP contribution in [0, 0.1) is 0 Å². The van der Waals surface area contributed by atoms with Crippen LogP contribution < -0.4 is 5.32 Å². The fourth-order valence-electron chi connectivity index (χ4n) is 2.24. The molecule has 21 heavy (non-hydrogen) atoms. The lowest BCUT2D eigenvalue weighted by molar-refractivity contribution is -0.151. The van der Waals surface area contributed by atoms with Gasteiger partial charge in [0.15, 0.2) is 5.16 Å². The molecule has 0 saturated carbocycles. The van der Waals surface area contributed by atoms with E-state index >= 15 is 0 Å². The van der Waals surface area contributed by atoms with E-state index in [-0.39, 0.29) is 12.0 Å². The van der Waals surface area contributed by atoms with Gasteiger partial charge < -0.3 is 9.30 Å². The Hall–Kier alpha value is -1.01. The van der Waals surface area contributed by atoms with Crippen LogP contribution in [0.15, 0.2) is 17.6 Å². The summed E-state index contributed by atoms with van der Waals surface area (Å²) in [5.41, 5.74) is -0.619. The maximum atomic E-state index is 12.2. The number of nitrogens with one attached hydrogen (secondary N) is 1. The summed E-state index contributed by atoms with van der Waals surface area (Å²) in [5.74, 6) is 0.764. The van der Waals surface area contributed by atoms with E-state index in [4.69, 9.17) is 4.74 Å². The van der Waals surface area contributed by atoms with Crippen LogP contribution >= 0.6 is 11.8 Å². The molecule has 0 aliphatic rings. The highest BCUT2D eigenvalue weighted by Gasteiger charge is 2.34. The Labute approximate surface area is 131 Å². The summed E-state index contributed by atoms with van der Waals surface area (Å²) in [6.45, 7) is 8.26. The van der Waals surface area contributed by atoms with Gasteiger partial charge in [-0.25, -0.2) is 4.98 Å². The highest BCUT2D eigenvalue weighted by atomic mass is 32.2. The maximum absolute atomic E-state index is 12.2. The number of carbonyl (C=O) groups excluding carboxylic acids is 1. The van der Waals surface area contributed by atoms with Crippen LogP contribution in [0.3, 0.4) is 0 Å². The van der Waals surface area contributed by atoms with Crippen LogP contribution in [0.4, 0.5) is 0 Å². The largest absolute Gasteiger partial charge is 0.465 e. The van der Waals surface area contributed by atoms with Crippen molar-refractivity contribution in [1.29, 1.82) is 0 Å². The Morgan fingerprint density at radius 1 is 1.57 bits per heavy atom. The first-order valence-electron chi connectivity index (χ1n) is 7.44. The summed E-state index contributed by atoms with van der Waals surface area (Å²) >= 11 is 1.71. The lowest BCUT2D eigenvalue weighted by Gasteiger charge is -2.30. The molecular weight excluding hydrogens is 286 g/mol. The Balaban J connectivity index is 2.49. The molecule has 0 aliphatic heterocycles. The lowest BCUT2D eigenvalue weighted by atomic mass is 9.95. The molecule has 1 N–H and O–H groups in total. The predicted octanol–water partition coefficient (Wildman–Crippen LogP) is 2.61. The lowest BCUT2D eigenvalue weighted by Crippen LogP contribution is -2.53. The van der Waals surface area contributed by atoms with Gasteiger partial charge in [0.1, 0.15) is 5.54 Å². The van der Waals surface area contributed by atoms with Crippen molar-refractivity contribution in [3.63, 3.8) is 0 Å². The summed E-state index contributed by atoms with van der Waals surface area (Å²) < 4.78 is 7.21. The van der Waals surface area contributed by atoms with Crippen molar-refractivity contribution in [2.24, 2.45) is 7.05 Å². The van der Waals surface area contributed by atoms with Crippen molar-refractivity contribution >= 4 is 17.7 Å². The number of nitrogens with zero attached hydrogens (tertiary/aromatic N) is 2. The summed E-state index contributed by atoms with van der Waals surface area (Å²) in [6, 6.07) is 0.238. The molecule has 1 atom stereocenters. The minimum absolute atomic E-state index is 0.166. The molecule has 0 fully saturated rings. The van der Waals surface area contributed by atoms with E-state index in [0.717, 1.165) is 23.8 Å². The molecule has 0 radical (unpaired) electrons. The van der Waals surface area contributed by atoms with Gasteiger partial charge in [-0.15, -0.1) is 0 Å². The number of imidazole rings is 1. The summed E-state index contributed by atoms with van der Waals surface area (Å²) in [7, 11) is 1.98. The van der Waals surface area contributed by atoms with Crippen LogP contribution in [-0.4, -0.2) is 39.5 Å². The standard InChI is InChI=1S/C15H27N3O2S/c1-6-20-13(19)15(4,17-12(2)3)8-7-11-21-14-16-9-10-18(14)5/h9-10,12,17H,6-8,11H2,1-5H3. The van der Waals surface area contributed by atoms with Crippen LogP contribution in [-0.2, 0) is 16.6 Å². The van der Waals surface area contributed by atoms with Gasteiger partial charge in [-0.2, -0.15) is 0 Å². The summed E-state index contributed by atoms with van der Waals surface area (Å²) in [4.78, 5) is 16.5. The Morgan fingerprint density at radius 3 is 2.81 bits per heavy atom. The van der Waals surface area contributed by atoms with E-state index in [1.165, 1.54) is 0 Å². The number of carbonyl (C=O) groups is 1. The van der Waals surface area contributed by atoms with Crippen molar-refractivity contribution in [2.45, 2.75) is 57.3 Å². The molecule has 0 aromatic carbocycles. The molecule has 6 heteroatoms. The van der Waals surface area contributed by atoms with Gasteiger partial charge in [-0.05, 0) is 40.5 Å². The monoisotopic (exact) mass is 313 g/mol. The molecular formula is C15H27N3O2S. The molecule has 0 spiro atoms. The van der Waals surface area contributed by atoms with Crippen LogP contribution in [0.1, 0.15) is 40.5 Å². The minimum atomic E-state index is -0.619. The molecule has 0 amide bonds. The minimum Gasteiger partial charge on any atom is -0.465 e. The van der Waals surface area contributed by atoms with E-state index in [0.29, 0.717) is 6.61 Å². The van der Waals surface area contributed by atoms with Gasteiger partial charge in [0, 0.05) is 31.2 Å². The molecule has 1 rings (SSSR count). The zero-order chi connectivity index (χ0) is 15.9. The highest BCUT2D eigenvalue weighted by Crippen LogP contribution is 2.21. The third-order valence-electron chi connectivity index (χ3n) is 3.16. The predicted molar refractivity (Wildman–Crippen MR) is 86.5 cm³/mol. The first-order chi connectivity index (χ1) is 9.89. The number of ether oxygens (including phenoxy) is 1.